The lowest BCUT2D eigenvalue weighted by Crippen LogP contribution is -2.61. The van der Waals surface area contributed by atoms with Gasteiger partial charge in [-0.1, -0.05) is 13.3 Å². The normalized spacial score (nSPS) is 26.1. The maximum Gasteiger partial charge on any atom is 0.329 e. The first-order valence-corrected chi connectivity index (χ1v) is 7.45. The van der Waals surface area contributed by atoms with Gasteiger partial charge in [-0.05, 0) is 18.8 Å². The summed E-state index contributed by atoms with van der Waals surface area (Å²) in [6.45, 7) is 4.33. The second-order valence-corrected chi connectivity index (χ2v) is 5.79. The van der Waals surface area contributed by atoms with E-state index in [4.69, 9.17) is 4.74 Å². The summed E-state index contributed by atoms with van der Waals surface area (Å²) in [5, 5.41) is 12.2. The first kappa shape index (κ1) is 15.1. The van der Waals surface area contributed by atoms with Crippen molar-refractivity contribution in [1.82, 2.24) is 10.2 Å². The molecule has 114 valence electrons. The van der Waals surface area contributed by atoms with Gasteiger partial charge in [0.2, 0.25) is 0 Å². The summed E-state index contributed by atoms with van der Waals surface area (Å²) in [7, 11) is 0. The minimum absolute atomic E-state index is 0.243. The Hall–Kier alpha value is -1.30. The quantitative estimate of drug-likeness (QED) is 0.822. The van der Waals surface area contributed by atoms with Crippen LogP contribution in [0, 0.1) is 5.92 Å². The molecule has 2 N–H and O–H groups in total. The lowest BCUT2D eigenvalue weighted by molar-refractivity contribution is -0.148. The molecule has 2 saturated heterocycles. The van der Waals surface area contributed by atoms with Crippen LogP contribution in [0.4, 0.5) is 4.79 Å². The van der Waals surface area contributed by atoms with E-state index in [0.717, 1.165) is 25.8 Å². The number of ether oxygens (including phenoxy) is 1. The predicted molar refractivity (Wildman–Crippen MR) is 73.5 cm³/mol. The average molecular weight is 284 g/mol. The topological polar surface area (TPSA) is 78.9 Å². The Labute approximate surface area is 119 Å². The van der Waals surface area contributed by atoms with Crippen molar-refractivity contribution in [3.63, 3.8) is 0 Å². The van der Waals surface area contributed by atoms with Gasteiger partial charge in [0.05, 0.1) is 0 Å². The van der Waals surface area contributed by atoms with Gasteiger partial charge in [0, 0.05) is 39.1 Å². The molecular formula is C14H24N2O4. The highest BCUT2D eigenvalue weighted by molar-refractivity contribution is 5.86. The monoisotopic (exact) mass is 284 g/mol. The van der Waals surface area contributed by atoms with Crippen LogP contribution < -0.4 is 5.32 Å². The van der Waals surface area contributed by atoms with E-state index < -0.39 is 11.5 Å². The van der Waals surface area contributed by atoms with E-state index in [0.29, 0.717) is 38.5 Å². The van der Waals surface area contributed by atoms with Gasteiger partial charge < -0.3 is 20.1 Å². The number of aliphatic carboxylic acids is 1. The third-order valence-electron chi connectivity index (χ3n) is 4.49. The third kappa shape index (κ3) is 3.23. The Morgan fingerprint density at radius 2 is 2.10 bits per heavy atom. The van der Waals surface area contributed by atoms with E-state index in [1.807, 2.05) is 0 Å². The molecule has 6 nitrogen and oxygen atoms in total. The number of carbonyl (C=O) groups excluding carboxylic acids is 1. The van der Waals surface area contributed by atoms with E-state index in [1.54, 1.807) is 4.90 Å². The number of nitrogens with zero attached hydrogens (tertiary/aromatic N) is 1. The van der Waals surface area contributed by atoms with Gasteiger partial charge in [0.1, 0.15) is 5.54 Å². The second-order valence-electron chi connectivity index (χ2n) is 5.79. The van der Waals surface area contributed by atoms with Crippen molar-refractivity contribution in [2.45, 2.75) is 44.6 Å². The van der Waals surface area contributed by atoms with Gasteiger partial charge in [-0.3, -0.25) is 0 Å². The molecule has 2 amide bonds. The summed E-state index contributed by atoms with van der Waals surface area (Å²) < 4.78 is 5.21. The molecular weight excluding hydrogens is 260 g/mol. The van der Waals surface area contributed by atoms with Crippen LogP contribution in [0.15, 0.2) is 0 Å². The van der Waals surface area contributed by atoms with Gasteiger partial charge in [-0.15, -0.1) is 0 Å². The van der Waals surface area contributed by atoms with Crippen LogP contribution in [-0.4, -0.2) is 53.8 Å². The Balaban J connectivity index is 1.99. The van der Waals surface area contributed by atoms with E-state index in [-0.39, 0.29) is 6.03 Å². The number of rotatable bonds is 3. The molecule has 2 aliphatic rings. The maximum atomic E-state index is 12.3. The van der Waals surface area contributed by atoms with E-state index in [9.17, 15) is 14.7 Å². The molecule has 2 heterocycles. The molecule has 0 aliphatic carbocycles. The Morgan fingerprint density at radius 1 is 1.40 bits per heavy atom. The molecule has 0 aromatic carbocycles. The summed E-state index contributed by atoms with van der Waals surface area (Å²) in [6.07, 6.45) is 3.87. The van der Waals surface area contributed by atoms with Gasteiger partial charge in [-0.2, -0.15) is 0 Å². The number of carboxylic acids is 1. The Morgan fingerprint density at radius 3 is 2.70 bits per heavy atom. The van der Waals surface area contributed by atoms with Crippen molar-refractivity contribution in [2.75, 3.05) is 26.3 Å². The number of amides is 2. The lowest BCUT2D eigenvalue weighted by atomic mass is 9.90. The van der Waals surface area contributed by atoms with Gasteiger partial charge in [0.25, 0.3) is 0 Å². The first-order chi connectivity index (χ1) is 9.57. The van der Waals surface area contributed by atoms with E-state index in [2.05, 4.69) is 12.2 Å². The number of urea groups is 1. The van der Waals surface area contributed by atoms with Crippen LogP contribution >= 0.6 is 0 Å². The van der Waals surface area contributed by atoms with Gasteiger partial charge in [0.15, 0.2) is 0 Å². The summed E-state index contributed by atoms with van der Waals surface area (Å²) in [5.74, 6) is -0.428. The molecule has 0 aromatic heterocycles. The summed E-state index contributed by atoms with van der Waals surface area (Å²) in [4.78, 5) is 25.6. The summed E-state index contributed by atoms with van der Waals surface area (Å²) in [6, 6.07) is -0.243. The average Bonchev–Trinajstić information content (AvgIpc) is 2.48. The van der Waals surface area contributed by atoms with Crippen LogP contribution in [0.25, 0.3) is 0 Å². The van der Waals surface area contributed by atoms with Crippen molar-refractivity contribution < 1.29 is 19.4 Å². The fourth-order valence-corrected chi connectivity index (χ4v) is 2.98. The summed E-state index contributed by atoms with van der Waals surface area (Å²) in [5.41, 5.74) is -1.16. The SMILES string of the molecule is CCC1CCCN(C(=O)NC2(C(=O)O)CCOCC2)C1. The fourth-order valence-electron chi connectivity index (χ4n) is 2.98. The zero-order chi connectivity index (χ0) is 14.6. The van der Waals surface area contributed by atoms with Crippen LogP contribution in [0.1, 0.15) is 39.0 Å². The van der Waals surface area contributed by atoms with Gasteiger partial charge >= 0.3 is 12.0 Å². The predicted octanol–water partition coefficient (Wildman–Crippen LogP) is 1.45. The number of carboxylic acid groups (broad SMARTS) is 1. The molecule has 2 rings (SSSR count). The number of likely N-dealkylation sites (tertiary alicyclic amines) is 1. The largest absolute Gasteiger partial charge is 0.480 e. The van der Waals surface area contributed by atoms with E-state index in [1.165, 1.54) is 0 Å². The highest BCUT2D eigenvalue weighted by Gasteiger charge is 2.42. The molecule has 0 saturated carbocycles. The number of hydrogen-bond donors (Lipinski definition) is 2. The zero-order valence-electron chi connectivity index (χ0n) is 12.1. The third-order valence-corrected chi connectivity index (χ3v) is 4.49. The molecule has 2 aliphatic heterocycles. The number of piperidine rings is 1. The fraction of sp³-hybridized carbons (Fsp3) is 0.857. The minimum atomic E-state index is -1.16. The molecule has 1 atom stereocenters. The number of hydrogen-bond acceptors (Lipinski definition) is 3. The molecule has 0 bridgehead atoms. The first-order valence-electron chi connectivity index (χ1n) is 7.45. The summed E-state index contributed by atoms with van der Waals surface area (Å²) >= 11 is 0. The lowest BCUT2D eigenvalue weighted by Gasteiger charge is -2.38. The zero-order valence-corrected chi connectivity index (χ0v) is 12.1. The molecule has 20 heavy (non-hydrogen) atoms. The number of carbonyl (C=O) groups is 2. The molecule has 6 heteroatoms. The van der Waals surface area contributed by atoms with Crippen LogP contribution in [-0.2, 0) is 9.53 Å². The highest BCUT2D eigenvalue weighted by Crippen LogP contribution is 2.23. The van der Waals surface area contributed by atoms with Gasteiger partial charge in [-0.25, -0.2) is 9.59 Å². The van der Waals surface area contributed by atoms with Crippen molar-refractivity contribution in [3.8, 4) is 0 Å². The highest BCUT2D eigenvalue weighted by atomic mass is 16.5. The molecule has 0 spiro atoms. The molecule has 2 fully saturated rings. The Kier molecular flexibility index (Phi) is 4.86. The standard InChI is InChI=1S/C14H24N2O4/c1-2-11-4-3-7-16(10-11)13(19)15-14(12(17)18)5-8-20-9-6-14/h11H,2-10H2,1H3,(H,15,19)(H,17,18). The molecule has 1 unspecified atom stereocenters. The van der Waals surface area contributed by atoms with Crippen molar-refractivity contribution in [3.05, 3.63) is 0 Å². The Bertz CT molecular complexity index is 366. The van der Waals surface area contributed by atoms with Crippen LogP contribution in [0.5, 0.6) is 0 Å². The maximum absolute atomic E-state index is 12.3. The van der Waals surface area contributed by atoms with Crippen molar-refractivity contribution >= 4 is 12.0 Å². The molecule has 0 radical (unpaired) electrons. The minimum Gasteiger partial charge on any atom is -0.480 e. The van der Waals surface area contributed by atoms with Crippen LogP contribution in [0.2, 0.25) is 0 Å². The van der Waals surface area contributed by atoms with Crippen molar-refractivity contribution in [2.24, 2.45) is 5.92 Å². The molecule has 0 aromatic rings. The van der Waals surface area contributed by atoms with E-state index >= 15 is 0 Å². The van der Waals surface area contributed by atoms with Crippen LogP contribution in [0.3, 0.4) is 0 Å². The second kappa shape index (κ2) is 6.43. The number of nitrogens with one attached hydrogen (secondary N) is 1. The smallest absolute Gasteiger partial charge is 0.329 e. The van der Waals surface area contributed by atoms with Crippen molar-refractivity contribution in [1.29, 1.82) is 0 Å².